The minimum Gasteiger partial charge on any atom is -0.365 e. The molecule has 0 aliphatic rings. The van der Waals surface area contributed by atoms with E-state index in [0.29, 0.717) is 0 Å². The quantitative estimate of drug-likeness (QED) is 0.648. The molecule has 2 aromatic carbocycles. The fourth-order valence-electron chi connectivity index (χ4n) is 2.17. The normalized spacial score (nSPS) is 10.7. The van der Waals surface area contributed by atoms with E-state index in [4.69, 9.17) is 0 Å². The number of nitrogens with zero attached hydrogens (tertiary/aromatic N) is 1. The standard InChI is InChI=1S/C16H12Br2N2/c17-13-8-15(18)16(20-10-13)19-9-12-6-3-5-11-4-1-2-7-14(11)12/h1-8,10H,9H2,(H,19,20). The SMILES string of the molecule is Brc1cnc(NCc2cccc3ccccc23)c(Br)c1. The Bertz CT molecular complexity index is 751. The van der Waals surface area contributed by atoms with Gasteiger partial charge < -0.3 is 5.32 Å². The first-order chi connectivity index (χ1) is 9.74. The van der Waals surface area contributed by atoms with Crippen molar-refractivity contribution in [1.29, 1.82) is 0 Å². The molecule has 100 valence electrons. The van der Waals surface area contributed by atoms with E-state index in [1.165, 1.54) is 16.3 Å². The Morgan fingerprint density at radius 1 is 1.00 bits per heavy atom. The summed E-state index contributed by atoms with van der Waals surface area (Å²) in [7, 11) is 0. The highest BCUT2D eigenvalue weighted by molar-refractivity contribution is 9.11. The molecular formula is C16H12Br2N2. The molecule has 3 aromatic rings. The highest BCUT2D eigenvalue weighted by atomic mass is 79.9. The molecule has 0 aliphatic heterocycles. The maximum absolute atomic E-state index is 4.37. The molecule has 0 aliphatic carbocycles. The first kappa shape index (κ1) is 13.6. The number of halogens is 2. The molecule has 3 rings (SSSR count). The summed E-state index contributed by atoms with van der Waals surface area (Å²) in [6, 6.07) is 16.8. The largest absolute Gasteiger partial charge is 0.365 e. The van der Waals surface area contributed by atoms with Gasteiger partial charge in [-0.3, -0.25) is 0 Å². The van der Waals surface area contributed by atoms with Crippen molar-refractivity contribution in [3.05, 3.63) is 69.2 Å². The van der Waals surface area contributed by atoms with Gasteiger partial charge in [0.2, 0.25) is 0 Å². The van der Waals surface area contributed by atoms with Crippen LogP contribution in [0.3, 0.4) is 0 Å². The average Bonchev–Trinajstić information content (AvgIpc) is 2.46. The lowest BCUT2D eigenvalue weighted by Crippen LogP contribution is -2.02. The number of benzene rings is 2. The van der Waals surface area contributed by atoms with Crippen LogP contribution < -0.4 is 5.32 Å². The van der Waals surface area contributed by atoms with Crippen molar-refractivity contribution >= 4 is 48.5 Å². The summed E-state index contributed by atoms with van der Waals surface area (Å²) in [5, 5.41) is 5.90. The van der Waals surface area contributed by atoms with E-state index < -0.39 is 0 Å². The van der Waals surface area contributed by atoms with Gasteiger partial charge in [-0.15, -0.1) is 0 Å². The van der Waals surface area contributed by atoms with Crippen LogP contribution in [0.4, 0.5) is 5.82 Å². The summed E-state index contributed by atoms with van der Waals surface area (Å²) in [6.45, 7) is 0.745. The summed E-state index contributed by atoms with van der Waals surface area (Å²) >= 11 is 6.92. The van der Waals surface area contributed by atoms with Gasteiger partial charge in [0.1, 0.15) is 5.82 Å². The fourth-order valence-corrected chi connectivity index (χ4v) is 3.30. The van der Waals surface area contributed by atoms with Gasteiger partial charge in [0.15, 0.2) is 0 Å². The van der Waals surface area contributed by atoms with E-state index in [2.05, 4.69) is 84.6 Å². The molecule has 1 N–H and O–H groups in total. The smallest absolute Gasteiger partial charge is 0.140 e. The summed E-state index contributed by atoms with van der Waals surface area (Å²) in [6.07, 6.45) is 1.79. The monoisotopic (exact) mass is 390 g/mol. The summed E-state index contributed by atoms with van der Waals surface area (Å²) in [4.78, 5) is 4.37. The number of pyridine rings is 1. The van der Waals surface area contributed by atoms with Crippen LogP contribution >= 0.6 is 31.9 Å². The van der Waals surface area contributed by atoms with E-state index in [1.807, 2.05) is 6.07 Å². The molecule has 4 heteroatoms. The zero-order valence-corrected chi connectivity index (χ0v) is 13.8. The van der Waals surface area contributed by atoms with Gasteiger partial charge in [0.05, 0.1) is 4.47 Å². The number of aromatic nitrogens is 1. The van der Waals surface area contributed by atoms with Gasteiger partial charge >= 0.3 is 0 Å². The Balaban J connectivity index is 1.87. The molecule has 0 amide bonds. The molecule has 0 atom stereocenters. The highest BCUT2D eigenvalue weighted by Crippen LogP contribution is 2.25. The third-order valence-electron chi connectivity index (χ3n) is 3.13. The van der Waals surface area contributed by atoms with Crippen LogP contribution in [0.1, 0.15) is 5.56 Å². The summed E-state index contributed by atoms with van der Waals surface area (Å²) in [5.74, 6) is 0.848. The third-order valence-corrected chi connectivity index (χ3v) is 4.17. The van der Waals surface area contributed by atoms with Crippen molar-refractivity contribution in [3.8, 4) is 0 Å². The van der Waals surface area contributed by atoms with Crippen LogP contribution in [0.25, 0.3) is 10.8 Å². The molecular weight excluding hydrogens is 380 g/mol. The first-order valence-electron chi connectivity index (χ1n) is 6.25. The molecule has 20 heavy (non-hydrogen) atoms. The minimum absolute atomic E-state index is 0.745. The van der Waals surface area contributed by atoms with Gasteiger partial charge in [0, 0.05) is 17.2 Å². The molecule has 0 saturated heterocycles. The van der Waals surface area contributed by atoms with Crippen molar-refractivity contribution in [2.24, 2.45) is 0 Å². The van der Waals surface area contributed by atoms with Crippen LogP contribution in [-0.4, -0.2) is 4.98 Å². The Kier molecular flexibility index (Phi) is 4.03. The highest BCUT2D eigenvalue weighted by Gasteiger charge is 2.04. The molecule has 0 saturated carbocycles. The molecule has 0 fully saturated rings. The van der Waals surface area contributed by atoms with E-state index in [1.54, 1.807) is 6.20 Å². The first-order valence-corrected chi connectivity index (χ1v) is 7.84. The van der Waals surface area contributed by atoms with Crippen LogP contribution in [0.15, 0.2) is 63.7 Å². The average molecular weight is 392 g/mol. The second-order valence-electron chi connectivity index (χ2n) is 4.48. The maximum atomic E-state index is 4.37. The Hall–Kier alpha value is -1.39. The predicted molar refractivity (Wildman–Crippen MR) is 90.9 cm³/mol. The molecule has 0 spiro atoms. The Labute approximate surface area is 134 Å². The third kappa shape index (κ3) is 2.86. The molecule has 0 bridgehead atoms. The Morgan fingerprint density at radius 2 is 1.80 bits per heavy atom. The van der Waals surface area contributed by atoms with Gasteiger partial charge in [-0.25, -0.2) is 4.98 Å². The van der Waals surface area contributed by atoms with E-state index in [-0.39, 0.29) is 0 Å². The lowest BCUT2D eigenvalue weighted by Gasteiger charge is -2.10. The Morgan fingerprint density at radius 3 is 2.65 bits per heavy atom. The van der Waals surface area contributed by atoms with Gasteiger partial charge in [-0.05, 0) is 54.3 Å². The van der Waals surface area contributed by atoms with E-state index >= 15 is 0 Å². The zero-order valence-electron chi connectivity index (χ0n) is 10.6. The van der Waals surface area contributed by atoms with Crippen molar-refractivity contribution < 1.29 is 0 Å². The number of nitrogens with one attached hydrogen (secondary N) is 1. The number of hydrogen-bond donors (Lipinski definition) is 1. The second-order valence-corrected chi connectivity index (χ2v) is 6.25. The van der Waals surface area contributed by atoms with Crippen LogP contribution in [0, 0.1) is 0 Å². The van der Waals surface area contributed by atoms with Gasteiger partial charge in [-0.1, -0.05) is 42.5 Å². The number of hydrogen-bond acceptors (Lipinski definition) is 2. The molecule has 1 heterocycles. The van der Waals surface area contributed by atoms with Crippen molar-refractivity contribution in [1.82, 2.24) is 4.98 Å². The molecule has 2 nitrogen and oxygen atoms in total. The van der Waals surface area contributed by atoms with Gasteiger partial charge in [0.25, 0.3) is 0 Å². The topological polar surface area (TPSA) is 24.9 Å². The van der Waals surface area contributed by atoms with Crippen LogP contribution in [-0.2, 0) is 6.54 Å². The summed E-state index contributed by atoms with van der Waals surface area (Å²) in [5.41, 5.74) is 1.26. The molecule has 1 aromatic heterocycles. The summed E-state index contributed by atoms with van der Waals surface area (Å²) < 4.78 is 1.91. The van der Waals surface area contributed by atoms with E-state index in [0.717, 1.165) is 21.3 Å². The number of fused-ring (bicyclic) bond motifs is 1. The lowest BCUT2D eigenvalue weighted by atomic mass is 10.0. The fraction of sp³-hybridized carbons (Fsp3) is 0.0625. The minimum atomic E-state index is 0.745. The van der Waals surface area contributed by atoms with Crippen LogP contribution in [0.2, 0.25) is 0 Å². The van der Waals surface area contributed by atoms with Crippen LogP contribution in [0.5, 0.6) is 0 Å². The van der Waals surface area contributed by atoms with Crippen molar-refractivity contribution in [3.63, 3.8) is 0 Å². The van der Waals surface area contributed by atoms with Gasteiger partial charge in [-0.2, -0.15) is 0 Å². The molecule has 0 unspecified atom stereocenters. The second kappa shape index (κ2) is 5.94. The predicted octanol–water partition coefficient (Wildman–Crippen LogP) is 5.37. The number of anilines is 1. The maximum Gasteiger partial charge on any atom is 0.140 e. The van der Waals surface area contributed by atoms with Crippen molar-refractivity contribution in [2.75, 3.05) is 5.32 Å². The van der Waals surface area contributed by atoms with E-state index in [9.17, 15) is 0 Å². The molecule has 0 radical (unpaired) electrons. The van der Waals surface area contributed by atoms with Crippen molar-refractivity contribution in [2.45, 2.75) is 6.54 Å². The lowest BCUT2D eigenvalue weighted by molar-refractivity contribution is 1.11. The number of rotatable bonds is 3. The zero-order chi connectivity index (χ0) is 13.9.